The van der Waals surface area contributed by atoms with Gasteiger partial charge in [-0.1, -0.05) is 30.3 Å². The molecule has 0 unspecified atom stereocenters. The van der Waals surface area contributed by atoms with Crippen molar-refractivity contribution in [1.82, 2.24) is 0 Å². The summed E-state index contributed by atoms with van der Waals surface area (Å²) in [6.07, 6.45) is 0. The van der Waals surface area contributed by atoms with E-state index in [0.717, 1.165) is 10.8 Å². The Morgan fingerprint density at radius 3 is 2.46 bits per heavy atom. The summed E-state index contributed by atoms with van der Waals surface area (Å²) in [4.78, 5) is 37.3. The molecule has 9 nitrogen and oxygen atoms in total. The number of benzene rings is 3. The minimum Gasteiger partial charge on any atom is -0.495 e. The number of methoxy groups -OCH3 is 2. The van der Waals surface area contributed by atoms with E-state index >= 15 is 0 Å². The molecule has 1 amide bonds. The number of carbonyl (C=O) groups excluding carboxylic acids is 2. The fourth-order valence-corrected chi connectivity index (χ4v) is 3.83. The van der Waals surface area contributed by atoms with Crippen LogP contribution in [0.15, 0.2) is 74.3 Å². The zero-order valence-corrected chi connectivity index (χ0v) is 18.7. The molecule has 0 aliphatic rings. The first-order valence-electron chi connectivity index (χ1n) is 10.6. The summed E-state index contributed by atoms with van der Waals surface area (Å²) < 4.78 is 26.7. The maximum absolute atomic E-state index is 12.5. The minimum absolute atomic E-state index is 0.211. The third-order valence-corrected chi connectivity index (χ3v) is 5.47. The molecule has 0 spiro atoms. The second-order valence-corrected chi connectivity index (χ2v) is 7.60. The number of nitrogens with one attached hydrogen (secondary N) is 1. The van der Waals surface area contributed by atoms with E-state index < -0.39 is 24.1 Å². The predicted molar refractivity (Wildman–Crippen MR) is 128 cm³/mol. The van der Waals surface area contributed by atoms with Gasteiger partial charge in [-0.3, -0.25) is 4.79 Å². The molecule has 176 valence electrons. The highest BCUT2D eigenvalue weighted by molar-refractivity contribution is 6.08. The highest BCUT2D eigenvalue weighted by atomic mass is 16.5. The van der Waals surface area contributed by atoms with Crippen molar-refractivity contribution in [3.63, 3.8) is 0 Å². The van der Waals surface area contributed by atoms with Gasteiger partial charge in [-0.2, -0.15) is 0 Å². The smallest absolute Gasteiger partial charge is 0.351 e. The molecule has 0 radical (unpaired) electrons. The molecule has 0 fully saturated rings. The lowest BCUT2D eigenvalue weighted by atomic mass is 10.1. The van der Waals surface area contributed by atoms with Crippen molar-refractivity contribution in [3.8, 4) is 11.5 Å². The normalized spacial score (nSPS) is 11.0. The summed E-state index contributed by atoms with van der Waals surface area (Å²) in [5.41, 5.74) is 0.585. The lowest BCUT2D eigenvalue weighted by Crippen LogP contribution is -2.23. The summed E-state index contributed by atoms with van der Waals surface area (Å²) in [5.74, 6) is -0.848. The summed E-state index contributed by atoms with van der Waals surface area (Å²) in [7, 11) is 2.92. The lowest BCUT2D eigenvalue weighted by molar-refractivity contribution is -0.119. The molecule has 0 aliphatic heterocycles. The van der Waals surface area contributed by atoms with Crippen LogP contribution < -0.4 is 20.4 Å². The summed E-state index contributed by atoms with van der Waals surface area (Å²) in [6.45, 7) is -0.629. The number of amides is 1. The van der Waals surface area contributed by atoms with Crippen LogP contribution in [0.4, 0.5) is 5.69 Å². The summed E-state index contributed by atoms with van der Waals surface area (Å²) in [6, 6.07) is 17.3. The number of fused-ring (bicyclic) bond motifs is 4. The first kappa shape index (κ1) is 22.0. The Hall–Kier alpha value is -4.79. The maximum Gasteiger partial charge on any atom is 0.351 e. The van der Waals surface area contributed by atoms with Gasteiger partial charge in [0.15, 0.2) is 17.9 Å². The third-order valence-electron chi connectivity index (χ3n) is 5.47. The van der Waals surface area contributed by atoms with Crippen LogP contribution in [-0.4, -0.2) is 32.7 Å². The number of para-hydroxylation sites is 2. The van der Waals surface area contributed by atoms with Gasteiger partial charge in [0.2, 0.25) is 0 Å². The molecule has 0 bridgehead atoms. The van der Waals surface area contributed by atoms with E-state index in [1.807, 2.05) is 24.3 Å². The van der Waals surface area contributed by atoms with Crippen molar-refractivity contribution in [2.24, 2.45) is 0 Å². The van der Waals surface area contributed by atoms with Crippen molar-refractivity contribution in [1.29, 1.82) is 0 Å². The molecule has 0 saturated heterocycles. The molecule has 3 aromatic carbocycles. The summed E-state index contributed by atoms with van der Waals surface area (Å²) >= 11 is 0. The zero-order chi connectivity index (χ0) is 24.5. The van der Waals surface area contributed by atoms with Crippen LogP contribution in [0, 0.1) is 0 Å². The number of esters is 1. The number of ether oxygens (including phenoxy) is 3. The van der Waals surface area contributed by atoms with E-state index in [0.29, 0.717) is 33.7 Å². The Bertz CT molecular complexity index is 1660. The van der Waals surface area contributed by atoms with E-state index in [1.165, 1.54) is 20.3 Å². The molecule has 5 aromatic rings. The number of carbonyl (C=O) groups is 2. The van der Waals surface area contributed by atoms with Gasteiger partial charge < -0.3 is 28.4 Å². The highest BCUT2D eigenvalue weighted by Crippen LogP contribution is 2.36. The molecule has 0 atom stereocenters. The average molecular weight is 473 g/mol. The van der Waals surface area contributed by atoms with Gasteiger partial charge in [0.25, 0.3) is 5.91 Å². The number of hydrogen-bond acceptors (Lipinski definition) is 8. The van der Waals surface area contributed by atoms with Crippen LogP contribution in [0.5, 0.6) is 11.5 Å². The Balaban J connectivity index is 1.33. The van der Waals surface area contributed by atoms with Crippen LogP contribution in [0.1, 0.15) is 10.4 Å². The van der Waals surface area contributed by atoms with Gasteiger partial charge in [0.1, 0.15) is 22.5 Å². The SMILES string of the molecule is COc1cc2c(cc1NC(=O)COC(=O)c1cc3cccc(OC)c3oc1=O)oc1ccccc12. The van der Waals surface area contributed by atoms with E-state index in [-0.39, 0.29) is 11.1 Å². The van der Waals surface area contributed by atoms with Gasteiger partial charge in [-0.25, -0.2) is 9.59 Å². The molecule has 9 heteroatoms. The van der Waals surface area contributed by atoms with Crippen LogP contribution in [0.2, 0.25) is 0 Å². The van der Waals surface area contributed by atoms with Crippen LogP contribution in [0.25, 0.3) is 32.9 Å². The molecule has 1 N–H and O–H groups in total. The second-order valence-electron chi connectivity index (χ2n) is 7.60. The Morgan fingerprint density at radius 1 is 0.857 bits per heavy atom. The molecular formula is C26H19NO8. The van der Waals surface area contributed by atoms with Gasteiger partial charge >= 0.3 is 11.6 Å². The van der Waals surface area contributed by atoms with E-state index in [4.69, 9.17) is 23.0 Å². The standard InChI is InChI=1S/C26H19NO8/c1-31-20-9-5-6-14-10-17(26(30)35-24(14)20)25(29)33-13-23(28)27-18-12-21-16(11-22(18)32-2)15-7-3-4-8-19(15)34-21/h3-12H,13H2,1-2H3,(H,27,28). The predicted octanol–water partition coefficient (Wildman–Crippen LogP) is 4.51. The van der Waals surface area contributed by atoms with Crippen molar-refractivity contribution in [3.05, 3.63) is 76.6 Å². The Labute approximate surface area is 197 Å². The quantitative estimate of drug-likeness (QED) is 0.283. The van der Waals surface area contributed by atoms with Crippen molar-refractivity contribution in [2.45, 2.75) is 0 Å². The van der Waals surface area contributed by atoms with E-state index in [2.05, 4.69) is 5.32 Å². The van der Waals surface area contributed by atoms with Crippen LogP contribution >= 0.6 is 0 Å². The third kappa shape index (κ3) is 4.04. The number of hydrogen-bond donors (Lipinski definition) is 1. The number of anilines is 1. The van der Waals surface area contributed by atoms with Crippen molar-refractivity contribution >= 4 is 50.5 Å². The molecule has 0 aliphatic carbocycles. The molecule has 0 saturated carbocycles. The number of rotatable bonds is 6. The lowest BCUT2D eigenvalue weighted by Gasteiger charge is -2.11. The zero-order valence-electron chi connectivity index (χ0n) is 18.7. The Kier molecular flexibility index (Phi) is 5.58. The Morgan fingerprint density at radius 2 is 1.66 bits per heavy atom. The van der Waals surface area contributed by atoms with Crippen molar-refractivity contribution in [2.75, 3.05) is 26.1 Å². The van der Waals surface area contributed by atoms with Crippen LogP contribution in [-0.2, 0) is 9.53 Å². The molecule has 35 heavy (non-hydrogen) atoms. The van der Waals surface area contributed by atoms with Gasteiger partial charge in [0, 0.05) is 22.2 Å². The topological polar surface area (TPSA) is 117 Å². The van der Waals surface area contributed by atoms with Gasteiger partial charge in [-0.05, 0) is 24.3 Å². The molecular weight excluding hydrogens is 454 g/mol. The first-order chi connectivity index (χ1) is 17.0. The molecule has 5 rings (SSSR count). The average Bonchev–Trinajstić information content (AvgIpc) is 3.23. The summed E-state index contributed by atoms with van der Waals surface area (Å²) in [5, 5.41) is 4.87. The maximum atomic E-state index is 12.5. The molecule has 2 heterocycles. The minimum atomic E-state index is -0.988. The first-order valence-corrected chi connectivity index (χ1v) is 10.6. The monoisotopic (exact) mass is 473 g/mol. The molecule has 2 aromatic heterocycles. The number of furan rings is 1. The van der Waals surface area contributed by atoms with Crippen molar-refractivity contribution < 1.29 is 32.6 Å². The van der Waals surface area contributed by atoms with E-state index in [1.54, 1.807) is 30.3 Å². The van der Waals surface area contributed by atoms with Gasteiger partial charge in [-0.15, -0.1) is 0 Å². The van der Waals surface area contributed by atoms with E-state index in [9.17, 15) is 14.4 Å². The fourth-order valence-electron chi connectivity index (χ4n) is 3.83. The second kappa shape index (κ2) is 8.86. The highest BCUT2D eigenvalue weighted by Gasteiger charge is 2.19. The largest absolute Gasteiger partial charge is 0.495 e. The fraction of sp³-hybridized carbons (Fsp3) is 0.115. The van der Waals surface area contributed by atoms with Crippen LogP contribution in [0.3, 0.4) is 0 Å². The van der Waals surface area contributed by atoms with Gasteiger partial charge in [0.05, 0.1) is 19.9 Å².